The SMILES string of the molecule is CCOC(=O)c1cc(Cl)cnc1C(C(=O)OCC)C1CCN(C)C1. The second kappa shape index (κ2) is 8.44. The molecule has 0 saturated carbocycles. The molecule has 0 N–H and O–H groups in total. The molecule has 2 heterocycles. The number of ether oxygens (including phenoxy) is 2. The van der Waals surface area contributed by atoms with Gasteiger partial charge in [0.25, 0.3) is 0 Å². The predicted octanol–water partition coefficient (Wildman–Crippen LogP) is 2.51. The Morgan fingerprint density at radius 3 is 2.67 bits per heavy atom. The molecule has 0 bridgehead atoms. The van der Waals surface area contributed by atoms with Gasteiger partial charge in [-0.25, -0.2) is 4.79 Å². The summed E-state index contributed by atoms with van der Waals surface area (Å²) in [6, 6.07) is 1.51. The highest BCUT2D eigenvalue weighted by Crippen LogP contribution is 2.34. The maximum atomic E-state index is 12.6. The first-order valence-corrected chi connectivity index (χ1v) is 8.53. The lowest BCUT2D eigenvalue weighted by Crippen LogP contribution is -2.29. The highest BCUT2D eigenvalue weighted by atomic mass is 35.5. The first-order valence-electron chi connectivity index (χ1n) is 8.15. The number of pyridine rings is 1. The second-order valence-corrected chi connectivity index (χ2v) is 6.28. The molecular weight excluding hydrogens is 332 g/mol. The van der Waals surface area contributed by atoms with E-state index < -0.39 is 11.9 Å². The van der Waals surface area contributed by atoms with Crippen LogP contribution in [0.3, 0.4) is 0 Å². The molecule has 6 nitrogen and oxygen atoms in total. The van der Waals surface area contributed by atoms with Crippen molar-refractivity contribution >= 4 is 23.5 Å². The van der Waals surface area contributed by atoms with E-state index in [0.717, 1.165) is 19.5 Å². The lowest BCUT2D eigenvalue weighted by molar-refractivity contribution is -0.146. The topological polar surface area (TPSA) is 68.7 Å². The number of hydrogen-bond donors (Lipinski definition) is 0. The standard InChI is InChI=1S/C17H23ClN2O4/c1-4-23-16(21)13-8-12(18)9-19-15(13)14(17(22)24-5-2)11-6-7-20(3)10-11/h8-9,11,14H,4-7,10H2,1-3H3. The smallest absolute Gasteiger partial charge is 0.340 e. The van der Waals surface area contributed by atoms with Gasteiger partial charge in [-0.15, -0.1) is 0 Å². The van der Waals surface area contributed by atoms with Gasteiger partial charge >= 0.3 is 11.9 Å². The van der Waals surface area contributed by atoms with Crippen LogP contribution in [0, 0.1) is 5.92 Å². The van der Waals surface area contributed by atoms with E-state index in [0.29, 0.717) is 10.7 Å². The van der Waals surface area contributed by atoms with Crippen molar-refractivity contribution in [3.63, 3.8) is 0 Å². The Bertz CT molecular complexity index is 608. The summed E-state index contributed by atoms with van der Waals surface area (Å²) in [6.45, 7) is 5.64. The summed E-state index contributed by atoms with van der Waals surface area (Å²) < 4.78 is 10.3. The molecule has 1 fully saturated rings. The molecule has 1 aliphatic heterocycles. The number of rotatable bonds is 6. The van der Waals surface area contributed by atoms with Crippen molar-refractivity contribution in [1.82, 2.24) is 9.88 Å². The Hall–Kier alpha value is -1.66. The van der Waals surface area contributed by atoms with E-state index in [-0.39, 0.29) is 30.7 Å². The van der Waals surface area contributed by atoms with E-state index in [4.69, 9.17) is 21.1 Å². The number of halogens is 1. The van der Waals surface area contributed by atoms with Crippen LogP contribution >= 0.6 is 11.6 Å². The number of aromatic nitrogens is 1. The molecular formula is C17H23ClN2O4. The zero-order valence-electron chi connectivity index (χ0n) is 14.3. The van der Waals surface area contributed by atoms with Crippen LogP contribution in [0.5, 0.6) is 0 Å². The summed E-state index contributed by atoms with van der Waals surface area (Å²) in [6.07, 6.45) is 2.29. The first-order chi connectivity index (χ1) is 11.5. The fourth-order valence-corrected chi connectivity index (χ4v) is 3.23. The third-order valence-corrected chi connectivity index (χ3v) is 4.32. The molecule has 1 saturated heterocycles. The van der Waals surface area contributed by atoms with Gasteiger partial charge in [-0.1, -0.05) is 11.6 Å². The summed E-state index contributed by atoms with van der Waals surface area (Å²) in [5.74, 6) is -1.45. The Labute approximate surface area is 147 Å². The third kappa shape index (κ3) is 4.24. The molecule has 0 spiro atoms. The second-order valence-electron chi connectivity index (χ2n) is 5.85. The number of likely N-dealkylation sites (tertiary alicyclic amines) is 1. The van der Waals surface area contributed by atoms with Gasteiger partial charge < -0.3 is 14.4 Å². The van der Waals surface area contributed by atoms with Crippen molar-refractivity contribution in [2.75, 3.05) is 33.4 Å². The molecule has 2 unspecified atom stereocenters. The normalized spacial score (nSPS) is 19.1. The quantitative estimate of drug-likeness (QED) is 0.731. The van der Waals surface area contributed by atoms with Gasteiger partial charge in [0.05, 0.1) is 29.5 Å². The Kier molecular flexibility index (Phi) is 6.57. The zero-order chi connectivity index (χ0) is 17.7. The summed E-state index contributed by atoms with van der Waals surface area (Å²) in [5, 5.41) is 0.327. The molecule has 132 valence electrons. The molecule has 7 heteroatoms. The van der Waals surface area contributed by atoms with E-state index in [2.05, 4.69) is 9.88 Å². The van der Waals surface area contributed by atoms with E-state index in [1.165, 1.54) is 12.3 Å². The van der Waals surface area contributed by atoms with Gasteiger partial charge in [-0.05, 0) is 45.8 Å². The molecule has 2 rings (SSSR count). The van der Waals surface area contributed by atoms with E-state index in [1.54, 1.807) is 13.8 Å². The van der Waals surface area contributed by atoms with Crippen molar-refractivity contribution in [2.24, 2.45) is 5.92 Å². The highest BCUT2D eigenvalue weighted by molar-refractivity contribution is 6.30. The number of hydrogen-bond acceptors (Lipinski definition) is 6. The van der Waals surface area contributed by atoms with Gasteiger partial charge in [-0.2, -0.15) is 0 Å². The number of carbonyl (C=O) groups excluding carboxylic acids is 2. The number of carbonyl (C=O) groups is 2. The molecule has 2 atom stereocenters. The molecule has 0 amide bonds. The molecule has 24 heavy (non-hydrogen) atoms. The molecule has 0 aliphatic carbocycles. The molecule has 1 aromatic heterocycles. The van der Waals surface area contributed by atoms with Crippen molar-refractivity contribution in [2.45, 2.75) is 26.2 Å². The predicted molar refractivity (Wildman–Crippen MR) is 90.2 cm³/mol. The summed E-state index contributed by atoms with van der Waals surface area (Å²) in [7, 11) is 2.00. The average Bonchev–Trinajstić information content (AvgIpc) is 2.95. The fraction of sp³-hybridized carbons (Fsp3) is 0.588. The van der Waals surface area contributed by atoms with Crippen LogP contribution in [0.15, 0.2) is 12.3 Å². The van der Waals surface area contributed by atoms with Crippen molar-refractivity contribution in [3.8, 4) is 0 Å². The monoisotopic (exact) mass is 354 g/mol. The lowest BCUT2D eigenvalue weighted by Gasteiger charge is -2.23. The minimum atomic E-state index is -0.605. The maximum Gasteiger partial charge on any atom is 0.340 e. The molecule has 0 aromatic carbocycles. The Balaban J connectivity index is 2.45. The van der Waals surface area contributed by atoms with Gasteiger partial charge in [0.1, 0.15) is 5.92 Å². The first kappa shape index (κ1) is 18.7. The van der Waals surface area contributed by atoms with Crippen molar-refractivity contribution in [3.05, 3.63) is 28.5 Å². The van der Waals surface area contributed by atoms with Crippen LogP contribution in [0.1, 0.15) is 42.2 Å². The fourth-order valence-electron chi connectivity index (χ4n) is 3.07. The van der Waals surface area contributed by atoms with E-state index >= 15 is 0 Å². The van der Waals surface area contributed by atoms with Gasteiger partial charge in [0.15, 0.2) is 0 Å². The van der Waals surface area contributed by atoms with Crippen LogP contribution in [-0.2, 0) is 14.3 Å². The van der Waals surface area contributed by atoms with Gasteiger partial charge in [0, 0.05) is 12.7 Å². The lowest BCUT2D eigenvalue weighted by atomic mass is 9.86. The Morgan fingerprint density at radius 1 is 1.38 bits per heavy atom. The van der Waals surface area contributed by atoms with Crippen LogP contribution in [0.25, 0.3) is 0 Å². The molecule has 1 aliphatic rings. The molecule has 0 radical (unpaired) electrons. The minimum Gasteiger partial charge on any atom is -0.465 e. The summed E-state index contributed by atoms with van der Waals surface area (Å²) in [5.41, 5.74) is 0.619. The van der Waals surface area contributed by atoms with Crippen LogP contribution in [-0.4, -0.2) is 55.2 Å². The van der Waals surface area contributed by atoms with E-state index in [1.807, 2.05) is 7.05 Å². The largest absolute Gasteiger partial charge is 0.465 e. The zero-order valence-corrected chi connectivity index (χ0v) is 15.0. The highest BCUT2D eigenvalue weighted by Gasteiger charge is 2.38. The molecule has 1 aromatic rings. The van der Waals surface area contributed by atoms with Crippen LogP contribution in [0.4, 0.5) is 0 Å². The third-order valence-electron chi connectivity index (χ3n) is 4.11. The van der Waals surface area contributed by atoms with Crippen LogP contribution in [0.2, 0.25) is 5.02 Å². The Morgan fingerprint density at radius 2 is 2.08 bits per heavy atom. The van der Waals surface area contributed by atoms with Gasteiger partial charge in [-0.3, -0.25) is 9.78 Å². The number of esters is 2. The average molecular weight is 355 g/mol. The van der Waals surface area contributed by atoms with Gasteiger partial charge in [0.2, 0.25) is 0 Å². The van der Waals surface area contributed by atoms with Crippen LogP contribution < -0.4 is 0 Å². The number of nitrogens with zero attached hydrogens (tertiary/aromatic N) is 2. The minimum absolute atomic E-state index is 0.0379. The summed E-state index contributed by atoms with van der Waals surface area (Å²) in [4.78, 5) is 31.3. The maximum absolute atomic E-state index is 12.6. The van der Waals surface area contributed by atoms with Crippen molar-refractivity contribution in [1.29, 1.82) is 0 Å². The van der Waals surface area contributed by atoms with Crippen molar-refractivity contribution < 1.29 is 19.1 Å². The van der Waals surface area contributed by atoms with E-state index in [9.17, 15) is 9.59 Å². The summed E-state index contributed by atoms with van der Waals surface area (Å²) >= 11 is 5.99.